The van der Waals surface area contributed by atoms with E-state index in [9.17, 15) is 5.11 Å². The van der Waals surface area contributed by atoms with Gasteiger partial charge in [-0.25, -0.2) is 0 Å². The van der Waals surface area contributed by atoms with E-state index < -0.39 is 6.10 Å². The molecule has 1 atom stereocenters. The third kappa shape index (κ3) is 3.75. The number of aliphatic hydroxyl groups excluding tert-OH is 1. The van der Waals surface area contributed by atoms with E-state index in [0.717, 1.165) is 17.0 Å². The van der Waals surface area contributed by atoms with Crippen LogP contribution in [-0.2, 0) is 0 Å². The number of ether oxygens (including phenoxy) is 1. The molecular formula is C17H21NO2. The number of hydrogen-bond acceptors (Lipinski definition) is 3. The summed E-state index contributed by atoms with van der Waals surface area (Å²) in [6.07, 6.45) is -0.518. The van der Waals surface area contributed by atoms with Crippen molar-refractivity contribution in [3.05, 3.63) is 60.2 Å². The first-order chi connectivity index (χ1) is 9.70. The molecule has 106 valence electrons. The smallest absolute Gasteiger partial charge is 0.119 e. The first-order valence-electron chi connectivity index (χ1n) is 6.87. The fourth-order valence-corrected chi connectivity index (χ4v) is 2.11. The molecule has 0 fully saturated rings. The van der Waals surface area contributed by atoms with Crippen molar-refractivity contribution in [1.29, 1.82) is 0 Å². The molecule has 0 bridgehead atoms. The summed E-state index contributed by atoms with van der Waals surface area (Å²) in [5, 5.41) is 10.3. The summed E-state index contributed by atoms with van der Waals surface area (Å²) in [5.41, 5.74) is 1.99. The third-order valence-electron chi connectivity index (χ3n) is 3.22. The van der Waals surface area contributed by atoms with Crippen LogP contribution < -0.4 is 9.64 Å². The molecule has 0 heterocycles. The zero-order chi connectivity index (χ0) is 14.4. The molecule has 2 rings (SSSR count). The van der Waals surface area contributed by atoms with Crippen LogP contribution >= 0.6 is 0 Å². The van der Waals surface area contributed by atoms with E-state index >= 15 is 0 Å². The van der Waals surface area contributed by atoms with E-state index in [1.807, 2.05) is 73.5 Å². The van der Waals surface area contributed by atoms with E-state index in [4.69, 9.17) is 4.74 Å². The monoisotopic (exact) mass is 271 g/mol. The van der Waals surface area contributed by atoms with Crippen LogP contribution in [0, 0.1) is 0 Å². The summed E-state index contributed by atoms with van der Waals surface area (Å²) in [6, 6.07) is 17.7. The predicted octanol–water partition coefficient (Wildman–Crippen LogP) is 3.26. The van der Waals surface area contributed by atoms with Gasteiger partial charge in [-0.1, -0.05) is 30.3 Å². The standard InChI is InChI=1S/C17H21NO2/c1-3-20-16-11-9-14(10-12-16)17(19)13-18(2)15-7-5-4-6-8-15/h4-12,17,19H,3,13H2,1-2H3. The van der Waals surface area contributed by atoms with Gasteiger partial charge in [0, 0.05) is 19.3 Å². The molecule has 0 aromatic heterocycles. The van der Waals surface area contributed by atoms with Crippen molar-refractivity contribution < 1.29 is 9.84 Å². The molecule has 2 aromatic rings. The Hall–Kier alpha value is -2.00. The van der Waals surface area contributed by atoms with Crippen LogP contribution in [0.5, 0.6) is 5.75 Å². The van der Waals surface area contributed by atoms with Crippen molar-refractivity contribution in [1.82, 2.24) is 0 Å². The predicted molar refractivity (Wildman–Crippen MR) is 82.3 cm³/mol. The molecule has 0 saturated heterocycles. The highest BCUT2D eigenvalue weighted by Crippen LogP contribution is 2.20. The van der Waals surface area contributed by atoms with Gasteiger partial charge in [0.05, 0.1) is 12.7 Å². The second-order valence-corrected chi connectivity index (χ2v) is 4.73. The van der Waals surface area contributed by atoms with Crippen LogP contribution in [0.4, 0.5) is 5.69 Å². The lowest BCUT2D eigenvalue weighted by Gasteiger charge is -2.23. The molecule has 2 aromatic carbocycles. The minimum atomic E-state index is -0.518. The second-order valence-electron chi connectivity index (χ2n) is 4.73. The first-order valence-corrected chi connectivity index (χ1v) is 6.87. The molecule has 0 radical (unpaired) electrons. The second kappa shape index (κ2) is 6.96. The molecule has 3 nitrogen and oxygen atoms in total. The Morgan fingerprint density at radius 1 is 1.05 bits per heavy atom. The average Bonchev–Trinajstić information content (AvgIpc) is 2.49. The first kappa shape index (κ1) is 14.4. The van der Waals surface area contributed by atoms with Crippen LogP contribution in [0.1, 0.15) is 18.6 Å². The Labute approximate surface area is 120 Å². The minimum absolute atomic E-state index is 0.518. The van der Waals surface area contributed by atoms with Crippen molar-refractivity contribution in [2.24, 2.45) is 0 Å². The van der Waals surface area contributed by atoms with E-state index in [0.29, 0.717) is 13.2 Å². The molecule has 0 aliphatic heterocycles. The van der Waals surface area contributed by atoms with Gasteiger partial charge in [-0.2, -0.15) is 0 Å². The van der Waals surface area contributed by atoms with Gasteiger partial charge < -0.3 is 14.7 Å². The zero-order valence-electron chi connectivity index (χ0n) is 12.0. The quantitative estimate of drug-likeness (QED) is 0.875. The van der Waals surface area contributed by atoms with Crippen molar-refractivity contribution in [2.45, 2.75) is 13.0 Å². The maximum atomic E-state index is 10.3. The Morgan fingerprint density at radius 2 is 1.70 bits per heavy atom. The van der Waals surface area contributed by atoms with Gasteiger partial charge >= 0.3 is 0 Å². The number of benzene rings is 2. The summed E-state index contributed by atoms with van der Waals surface area (Å²) in [5.74, 6) is 0.833. The topological polar surface area (TPSA) is 32.7 Å². The Balaban J connectivity index is 1.99. The summed E-state index contributed by atoms with van der Waals surface area (Å²) >= 11 is 0. The van der Waals surface area contributed by atoms with Gasteiger partial charge in [-0.05, 0) is 36.8 Å². The highest BCUT2D eigenvalue weighted by atomic mass is 16.5. The van der Waals surface area contributed by atoms with Gasteiger partial charge in [0.25, 0.3) is 0 Å². The van der Waals surface area contributed by atoms with Crippen LogP contribution in [0.2, 0.25) is 0 Å². The third-order valence-corrected chi connectivity index (χ3v) is 3.22. The van der Waals surface area contributed by atoms with Crippen LogP contribution in [0.15, 0.2) is 54.6 Å². The maximum Gasteiger partial charge on any atom is 0.119 e. The van der Waals surface area contributed by atoms with E-state index in [1.54, 1.807) is 0 Å². The number of rotatable bonds is 6. The molecule has 0 saturated carbocycles. The number of likely N-dealkylation sites (N-methyl/N-ethyl adjacent to an activating group) is 1. The number of hydrogen-bond donors (Lipinski definition) is 1. The molecule has 1 N–H and O–H groups in total. The summed E-state index contributed by atoms with van der Waals surface area (Å²) in [7, 11) is 1.98. The number of nitrogens with zero attached hydrogens (tertiary/aromatic N) is 1. The van der Waals surface area contributed by atoms with Crippen molar-refractivity contribution in [3.8, 4) is 5.75 Å². The SMILES string of the molecule is CCOc1ccc(C(O)CN(C)c2ccccc2)cc1. The molecule has 1 unspecified atom stereocenters. The van der Waals surface area contributed by atoms with Gasteiger partial charge in [0.1, 0.15) is 5.75 Å². The molecule has 20 heavy (non-hydrogen) atoms. The van der Waals surface area contributed by atoms with Crippen LogP contribution in [0.3, 0.4) is 0 Å². The van der Waals surface area contributed by atoms with Crippen molar-refractivity contribution >= 4 is 5.69 Å². The Kier molecular flexibility index (Phi) is 5.02. The molecule has 0 amide bonds. The molecule has 0 aliphatic rings. The maximum absolute atomic E-state index is 10.3. The molecule has 3 heteroatoms. The summed E-state index contributed by atoms with van der Waals surface area (Å²) in [4.78, 5) is 2.04. The average molecular weight is 271 g/mol. The summed E-state index contributed by atoms with van der Waals surface area (Å²) in [6.45, 7) is 3.16. The Morgan fingerprint density at radius 3 is 2.30 bits per heavy atom. The van der Waals surface area contributed by atoms with Crippen LogP contribution in [-0.4, -0.2) is 25.3 Å². The van der Waals surface area contributed by atoms with E-state index in [-0.39, 0.29) is 0 Å². The normalized spacial score (nSPS) is 11.9. The fraction of sp³-hybridized carbons (Fsp3) is 0.294. The lowest BCUT2D eigenvalue weighted by molar-refractivity contribution is 0.185. The fourth-order valence-electron chi connectivity index (χ4n) is 2.11. The Bertz CT molecular complexity index is 510. The largest absolute Gasteiger partial charge is 0.494 e. The highest BCUT2D eigenvalue weighted by molar-refractivity contribution is 5.45. The van der Waals surface area contributed by atoms with Crippen molar-refractivity contribution in [3.63, 3.8) is 0 Å². The van der Waals surface area contributed by atoms with Gasteiger partial charge in [0.2, 0.25) is 0 Å². The van der Waals surface area contributed by atoms with E-state index in [1.165, 1.54) is 0 Å². The van der Waals surface area contributed by atoms with Gasteiger partial charge in [-0.15, -0.1) is 0 Å². The zero-order valence-corrected chi connectivity index (χ0v) is 12.0. The summed E-state index contributed by atoms with van der Waals surface area (Å²) < 4.78 is 5.40. The number of anilines is 1. The highest BCUT2D eigenvalue weighted by Gasteiger charge is 2.11. The van der Waals surface area contributed by atoms with Crippen LogP contribution in [0.25, 0.3) is 0 Å². The van der Waals surface area contributed by atoms with E-state index in [2.05, 4.69) is 0 Å². The van der Waals surface area contributed by atoms with Gasteiger partial charge in [0.15, 0.2) is 0 Å². The van der Waals surface area contributed by atoms with Gasteiger partial charge in [-0.3, -0.25) is 0 Å². The molecule has 0 aliphatic carbocycles. The molecular weight excluding hydrogens is 250 g/mol. The van der Waals surface area contributed by atoms with Crippen molar-refractivity contribution in [2.75, 3.05) is 25.1 Å². The minimum Gasteiger partial charge on any atom is -0.494 e. The number of aliphatic hydroxyl groups is 1. The lowest BCUT2D eigenvalue weighted by atomic mass is 10.1. The number of para-hydroxylation sites is 1. The molecule has 0 spiro atoms. The lowest BCUT2D eigenvalue weighted by Crippen LogP contribution is -2.24.